The van der Waals surface area contributed by atoms with Crippen molar-refractivity contribution < 1.29 is 13.9 Å². The standard InChI is InChI=1S/C17H14FN3O2/c1-11-20-9-13(10-21-11)23-17-15(4-3-7-19-17)14-6-5-12(18)8-16(14)22-2/h3-10H,1-2H3. The van der Waals surface area contributed by atoms with Crippen molar-refractivity contribution in [3.05, 3.63) is 60.6 Å². The summed E-state index contributed by atoms with van der Waals surface area (Å²) in [4.78, 5) is 12.4. The molecule has 0 spiro atoms. The van der Waals surface area contributed by atoms with Crippen LogP contribution in [0.25, 0.3) is 11.1 Å². The molecule has 0 saturated carbocycles. The molecule has 0 N–H and O–H groups in total. The first-order valence-corrected chi connectivity index (χ1v) is 6.93. The molecule has 0 saturated heterocycles. The highest BCUT2D eigenvalue weighted by Crippen LogP contribution is 2.36. The molecule has 0 fully saturated rings. The average molecular weight is 311 g/mol. The SMILES string of the molecule is COc1cc(F)ccc1-c1cccnc1Oc1cnc(C)nc1. The van der Waals surface area contributed by atoms with Gasteiger partial charge in [-0.2, -0.15) is 0 Å². The monoisotopic (exact) mass is 311 g/mol. The van der Waals surface area contributed by atoms with Gasteiger partial charge in [-0.15, -0.1) is 0 Å². The number of aromatic nitrogens is 3. The molecule has 0 bridgehead atoms. The van der Waals surface area contributed by atoms with Gasteiger partial charge in [-0.25, -0.2) is 19.3 Å². The van der Waals surface area contributed by atoms with E-state index in [0.717, 1.165) is 0 Å². The van der Waals surface area contributed by atoms with Crippen molar-refractivity contribution in [2.45, 2.75) is 6.92 Å². The number of pyridine rings is 1. The van der Waals surface area contributed by atoms with Crippen molar-refractivity contribution in [3.63, 3.8) is 0 Å². The van der Waals surface area contributed by atoms with Crippen molar-refractivity contribution in [1.29, 1.82) is 0 Å². The molecule has 0 atom stereocenters. The van der Waals surface area contributed by atoms with Gasteiger partial charge in [-0.1, -0.05) is 0 Å². The van der Waals surface area contributed by atoms with Crippen LogP contribution in [-0.2, 0) is 0 Å². The van der Waals surface area contributed by atoms with Gasteiger partial charge in [0.2, 0.25) is 5.88 Å². The molecule has 3 rings (SSSR count). The number of rotatable bonds is 4. The van der Waals surface area contributed by atoms with E-state index >= 15 is 0 Å². The molecule has 2 heterocycles. The Kier molecular flexibility index (Phi) is 4.14. The molecule has 0 amide bonds. The van der Waals surface area contributed by atoms with E-state index in [2.05, 4.69) is 15.0 Å². The number of methoxy groups -OCH3 is 1. The normalized spacial score (nSPS) is 10.4. The van der Waals surface area contributed by atoms with E-state index in [1.807, 2.05) is 6.07 Å². The van der Waals surface area contributed by atoms with Gasteiger partial charge in [0, 0.05) is 23.4 Å². The van der Waals surface area contributed by atoms with Gasteiger partial charge in [0.15, 0.2) is 5.75 Å². The Hall–Kier alpha value is -3.02. The third-order valence-electron chi connectivity index (χ3n) is 3.20. The molecule has 0 radical (unpaired) electrons. The van der Waals surface area contributed by atoms with Crippen molar-refractivity contribution >= 4 is 0 Å². The van der Waals surface area contributed by atoms with E-state index in [-0.39, 0.29) is 5.82 Å². The van der Waals surface area contributed by atoms with Gasteiger partial charge in [0.05, 0.1) is 19.5 Å². The molecular weight excluding hydrogens is 297 g/mol. The summed E-state index contributed by atoms with van der Waals surface area (Å²) in [7, 11) is 1.49. The Morgan fingerprint density at radius 3 is 2.52 bits per heavy atom. The maximum absolute atomic E-state index is 13.4. The summed E-state index contributed by atoms with van der Waals surface area (Å²) in [5, 5.41) is 0. The fourth-order valence-corrected chi connectivity index (χ4v) is 2.11. The molecule has 0 unspecified atom stereocenters. The van der Waals surface area contributed by atoms with E-state index in [1.54, 1.807) is 37.6 Å². The topological polar surface area (TPSA) is 57.1 Å². The van der Waals surface area contributed by atoms with Crippen LogP contribution < -0.4 is 9.47 Å². The minimum atomic E-state index is -0.371. The van der Waals surface area contributed by atoms with E-state index < -0.39 is 0 Å². The minimum absolute atomic E-state index is 0.366. The maximum Gasteiger partial charge on any atom is 0.227 e. The number of ether oxygens (including phenoxy) is 2. The van der Waals surface area contributed by atoms with Crippen LogP contribution in [0.2, 0.25) is 0 Å². The minimum Gasteiger partial charge on any atom is -0.496 e. The van der Waals surface area contributed by atoms with Crippen LogP contribution in [0.15, 0.2) is 48.9 Å². The first-order chi connectivity index (χ1) is 11.2. The number of nitrogens with zero attached hydrogens (tertiary/aromatic N) is 3. The predicted octanol–water partition coefficient (Wildman–Crippen LogP) is 3.79. The molecule has 23 heavy (non-hydrogen) atoms. The Bertz CT molecular complexity index is 822. The quantitative estimate of drug-likeness (QED) is 0.734. The maximum atomic E-state index is 13.4. The highest BCUT2D eigenvalue weighted by molar-refractivity contribution is 5.74. The Morgan fingerprint density at radius 1 is 1.00 bits per heavy atom. The molecule has 2 aromatic heterocycles. The molecule has 0 aliphatic carbocycles. The van der Waals surface area contributed by atoms with Crippen LogP contribution in [0.4, 0.5) is 4.39 Å². The lowest BCUT2D eigenvalue weighted by atomic mass is 10.1. The summed E-state index contributed by atoms with van der Waals surface area (Å²) in [6.07, 6.45) is 4.76. The number of hydrogen-bond acceptors (Lipinski definition) is 5. The lowest BCUT2D eigenvalue weighted by molar-refractivity contribution is 0.412. The number of aryl methyl sites for hydroxylation is 1. The summed E-state index contributed by atoms with van der Waals surface area (Å²) in [6.45, 7) is 1.79. The number of hydrogen-bond donors (Lipinski definition) is 0. The van der Waals surface area contributed by atoms with E-state index in [1.165, 1.54) is 19.2 Å². The molecule has 1 aromatic carbocycles. The zero-order chi connectivity index (χ0) is 16.2. The average Bonchev–Trinajstić information content (AvgIpc) is 2.57. The van der Waals surface area contributed by atoms with Crippen LogP contribution in [0.5, 0.6) is 17.4 Å². The highest BCUT2D eigenvalue weighted by atomic mass is 19.1. The van der Waals surface area contributed by atoms with Gasteiger partial charge in [-0.3, -0.25) is 0 Å². The molecule has 0 aliphatic heterocycles. The van der Waals surface area contributed by atoms with E-state index in [4.69, 9.17) is 9.47 Å². The van der Waals surface area contributed by atoms with Crippen molar-refractivity contribution in [3.8, 4) is 28.5 Å². The fraction of sp³-hybridized carbons (Fsp3) is 0.118. The van der Waals surface area contributed by atoms with Gasteiger partial charge in [-0.05, 0) is 31.2 Å². The highest BCUT2D eigenvalue weighted by Gasteiger charge is 2.14. The zero-order valence-electron chi connectivity index (χ0n) is 12.7. The van der Waals surface area contributed by atoms with Gasteiger partial charge in [0.1, 0.15) is 17.4 Å². The zero-order valence-corrected chi connectivity index (χ0v) is 12.7. The van der Waals surface area contributed by atoms with Gasteiger partial charge < -0.3 is 9.47 Å². The number of benzene rings is 1. The van der Waals surface area contributed by atoms with Gasteiger partial charge >= 0.3 is 0 Å². The van der Waals surface area contributed by atoms with Crippen LogP contribution in [0, 0.1) is 12.7 Å². The van der Waals surface area contributed by atoms with Crippen LogP contribution >= 0.6 is 0 Å². The first kappa shape index (κ1) is 14.9. The van der Waals surface area contributed by atoms with E-state index in [9.17, 15) is 4.39 Å². The van der Waals surface area contributed by atoms with Gasteiger partial charge in [0.25, 0.3) is 0 Å². The van der Waals surface area contributed by atoms with Crippen LogP contribution in [-0.4, -0.2) is 22.1 Å². The first-order valence-electron chi connectivity index (χ1n) is 6.93. The Balaban J connectivity index is 2.03. The second kappa shape index (κ2) is 6.39. The predicted molar refractivity (Wildman–Crippen MR) is 83.0 cm³/mol. The molecule has 116 valence electrons. The lowest BCUT2D eigenvalue weighted by Crippen LogP contribution is -1.96. The Labute approximate surface area is 132 Å². The second-order valence-electron chi connectivity index (χ2n) is 4.77. The molecule has 3 aromatic rings. The largest absolute Gasteiger partial charge is 0.496 e. The summed E-state index contributed by atoms with van der Waals surface area (Å²) in [5.74, 6) is 1.52. The Morgan fingerprint density at radius 2 is 1.78 bits per heavy atom. The van der Waals surface area contributed by atoms with Crippen molar-refractivity contribution in [2.24, 2.45) is 0 Å². The molecular formula is C17H14FN3O2. The summed E-state index contributed by atoms with van der Waals surface area (Å²) in [6, 6.07) is 7.91. The third-order valence-corrected chi connectivity index (χ3v) is 3.20. The molecule has 0 aliphatic rings. The summed E-state index contributed by atoms with van der Waals surface area (Å²) < 4.78 is 24.4. The third kappa shape index (κ3) is 3.26. The van der Waals surface area contributed by atoms with E-state index in [0.29, 0.717) is 34.3 Å². The molecule has 5 nitrogen and oxygen atoms in total. The number of halogens is 1. The summed E-state index contributed by atoms with van der Waals surface area (Å²) >= 11 is 0. The lowest BCUT2D eigenvalue weighted by Gasteiger charge is -2.12. The molecule has 6 heteroatoms. The smallest absolute Gasteiger partial charge is 0.227 e. The van der Waals surface area contributed by atoms with Crippen molar-refractivity contribution in [2.75, 3.05) is 7.11 Å². The summed E-state index contributed by atoms with van der Waals surface area (Å²) in [5.41, 5.74) is 1.37. The van der Waals surface area contributed by atoms with Crippen molar-refractivity contribution in [1.82, 2.24) is 15.0 Å². The fourth-order valence-electron chi connectivity index (χ4n) is 2.11. The van der Waals surface area contributed by atoms with Crippen LogP contribution in [0.3, 0.4) is 0 Å². The second-order valence-corrected chi connectivity index (χ2v) is 4.77. The van der Waals surface area contributed by atoms with Crippen LogP contribution in [0.1, 0.15) is 5.82 Å².